The lowest BCUT2D eigenvalue weighted by Crippen LogP contribution is -2.14. The zero-order valence-corrected chi connectivity index (χ0v) is 16.1. The van der Waals surface area contributed by atoms with E-state index in [1.165, 1.54) is 19.2 Å². The number of hydrogen-bond acceptors (Lipinski definition) is 6. The molecule has 3 rings (SSSR count). The lowest BCUT2D eigenvalue weighted by atomic mass is 10.0. The highest BCUT2D eigenvalue weighted by molar-refractivity contribution is 6.12. The van der Waals surface area contributed by atoms with E-state index < -0.39 is 11.9 Å². The van der Waals surface area contributed by atoms with Gasteiger partial charge in [0.2, 0.25) is 0 Å². The van der Waals surface area contributed by atoms with E-state index in [1.807, 2.05) is 13.8 Å². The van der Waals surface area contributed by atoms with Crippen molar-refractivity contribution in [1.29, 1.82) is 0 Å². The Morgan fingerprint density at radius 2 is 2.00 bits per heavy atom. The van der Waals surface area contributed by atoms with Crippen molar-refractivity contribution in [2.45, 2.75) is 33.3 Å². The fraction of sp³-hybridized carbons (Fsp3) is 0.300. The highest BCUT2D eigenvalue weighted by Crippen LogP contribution is 2.26. The summed E-state index contributed by atoms with van der Waals surface area (Å²) in [5.74, 6) is -1.40. The number of benzene rings is 1. The van der Waals surface area contributed by atoms with Crippen LogP contribution in [0, 0.1) is 6.92 Å². The molecule has 28 heavy (non-hydrogen) atoms. The summed E-state index contributed by atoms with van der Waals surface area (Å²) in [5, 5.41) is 16.5. The lowest BCUT2D eigenvalue weighted by Gasteiger charge is -2.11. The average molecular weight is 383 g/mol. The third kappa shape index (κ3) is 3.86. The summed E-state index contributed by atoms with van der Waals surface area (Å²) in [6, 6.07) is 6.30. The standard InChI is InChI=1S/C20H21N3O5/c1-10(2)16-8-15(17-11(3)23-28-19(17)22-16)18(24)21-14-6-12(9-27-4)5-13(7-14)20(25)26/h5-8,10H,9H2,1-4H3,(H,21,24)(H,25,26). The number of methoxy groups -OCH3 is 1. The summed E-state index contributed by atoms with van der Waals surface area (Å²) in [4.78, 5) is 28.8. The number of pyridine rings is 1. The minimum atomic E-state index is -1.09. The fourth-order valence-corrected chi connectivity index (χ4v) is 2.92. The molecule has 0 fully saturated rings. The first kappa shape index (κ1) is 19.5. The number of fused-ring (bicyclic) bond motifs is 1. The molecule has 0 atom stereocenters. The van der Waals surface area contributed by atoms with Crippen molar-refractivity contribution in [2.24, 2.45) is 0 Å². The van der Waals surface area contributed by atoms with E-state index in [-0.39, 0.29) is 18.1 Å². The minimum absolute atomic E-state index is 0.0637. The largest absolute Gasteiger partial charge is 0.478 e. The molecule has 0 bridgehead atoms. The number of carbonyl (C=O) groups excluding carboxylic acids is 1. The van der Waals surface area contributed by atoms with Gasteiger partial charge in [0, 0.05) is 18.5 Å². The van der Waals surface area contributed by atoms with Gasteiger partial charge in [0.15, 0.2) is 0 Å². The first-order chi connectivity index (χ1) is 13.3. The van der Waals surface area contributed by atoms with Crippen LogP contribution >= 0.6 is 0 Å². The summed E-state index contributed by atoms with van der Waals surface area (Å²) in [5.41, 5.74) is 3.00. The van der Waals surface area contributed by atoms with Gasteiger partial charge >= 0.3 is 5.97 Å². The molecule has 3 aromatic rings. The maximum Gasteiger partial charge on any atom is 0.335 e. The van der Waals surface area contributed by atoms with Crippen molar-refractivity contribution in [3.05, 3.63) is 52.3 Å². The smallest absolute Gasteiger partial charge is 0.335 e. The molecule has 2 heterocycles. The SMILES string of the molecule is COCc1cc(NC(=O)c2cc(C(C)C)nc3onc(C)c23)cc(C(=O)O)c1. The van der Waals surface area contributed by atoms with Crippen molar-refractivity contribution in [1.82, 2.24) is 10.1 Å². The second kappa shape index (κ2) is 7.77. The van der Waals surface area contributed by atoms with E-state index in [0.717, 1.165) is 0 Å². The third-order valence-electron chi connectivity index (χ3n) is 4.28. The van der Waals surface area contributed by atoms with Gasteiger partial charge in [0.05, 0.1) is 28.8 Å². The van der Waals surface area contributed by atoms with E-state index in [1.54, 1.807) is 19.1 Å². The normalized spacial score (nSPS) is 11.2. The predicted molar refractivity (Wildman–Crippen MR) is 103 cm³/mol. The molecule has 0 spiro atoms. The zero-order valence-electron chi connectivity index (χ0n) is 16.1. The van der Waals surface area contributed by atoms with Crippen LogP contribution in [0.4, 0.5) is 5.69 Å². The highest BCUT2D eigenvalue weighted by atomic mass is 16.5. The van der Waals surface area contributed by atoms with Crippen LogP contribution in [0.15, 0.2) is 28.8 Å². The van der Waals surface area contributed by atoms with Gasteiger partial charge in [-0.3, -0.25) is 4.79 Å². The number of rotatable bonds is 6. The first-order valence-electron chi connectivity index (χ1n) is 8.74. The van der Waals surface area contributed by atoms with Crippen LogP contribution in [-0.4, -0.2) is 34.2 Å². The van der Waals surface area contributed by atoms with Crippen LogP contribution in [-0.2, 0) is 11.3 Å². The maximum atomic E-state index is 13.0. The summed E-state index contributed by atoms with van der Waals surface area (Å²) >= 11 is 0. The number of carboxylic acid groups (broad SMARTS) is 1. The Kier molecular flexibility index (Phi) is 5.41. The average Bonchev–Trinajstić information content (AvgIpc) is 3.02. The zero-order chi connectivity index (χ0) is 20.4. The predicted octanol–water partition coefficient (Wildman–Crippen LogP) is 3.75. The number of ether oxygens (including phenoxy) is 1. The van der Waals surface area contributed by atoms with E-state index in [0.29, 0.717) is 39.3 Å². The monoisotopic (exact) mass is 383 g/mol. The number of aromatic nitrogens is 2. The number of nitrogens with zero attached hydrogens (tertiary/aromatic N) is 2. The number of carbonyl (C=O) groups is 2. The highest BCUT2D eigenvalue weighted by Gasteiger charge is 2.20. The number of carboxylic acids is 1. The first-order valence-corrected chi connectivity index (χ1v) is 8.74. The van der Waals surface area contributed by atoms with Crippen molar-refractivity contribution in [2.75, 3.05) is 12.4 Å². The van der Waals surface area contributed by atoms with Crippen LogP contribution < -0.4 is 5.32 Å². The molecule has 0 aliphatic rings. The molecule has 8 nitrogen and oxygen atoms in total. The number of amides is 1. The summed E-state index contributed by atoms with van der Waals surface area (Å²) < 4.78 is 10.3. The Labute approximate surface area is 161 Å². The number of nitrogens with one attached hydrogen (secondary N) is 1. The second-order valence-corrected chi connectivity index (χ2v) is 6.81. The molecule has 0 radical (unpaired) electrons. The summed E-state index contributed by atoms with van der Waals surface area (Å²) in [6.07, 6.45) is 0. The molecule has 1 amide bonds. The quantitative estimate of drug-likeness (QED) is 0.666. The second-order valence-electron chi connectivity index (χ2n) is 6.81. The van der Waals surface area contributed by atoms with Gasteiger partial charge in [0.25, 0.3) is 11.6 Å². The molecular formula is C20H21N3O5. The number of anilines is 1. The van der Waals surface area contributed by atoms with E-state index in [4.69, 9.17) is 9.26 Å². The van der Waals surface area contributed by atoms with Crippen molar-refractivity contribution in [3.63, 3.8) is 0 Å². The Morgan fingerprint density at radius 1 is 1.25 bits per heavy atom. The van der Waals surface area contributed by atoms with Crippen LogP contribution in [0.25, 0.3) is 11.1 Å². The molecule has 0 unspecified atom stereocenters. The van der Waals surface area contributed by atoms with Crippen molar-refractivity contribution in [3.8, 4) is 0 Å². The van der Waals surface area contributed by atoms with Gasteiger partial charge in [-0.1, -0.05) is 19.0 Å². The summed E-state index contributed by atoms with van der Waals surface area (Å²) in [7, 11) is 1.52. The van der Waals surface area contributed by atoms with Gasteiger partial charge < -0.3 is 19.7 Å². The Morgan fingerprint density at radius 3 is 2.64 bits per heavy atom. The molecular weight excluding hydrogens is 362 g/mol. The van der Waals surface area contributed by atoms with Gasteiger partial charge in [-0.25, -0.2) is 9.78 Å². The van der Waals surface area contributed by atoms with Crippen LogP contribution in [0.2, 0.25) is 0 Å². The van der Waals surface area contributed by atoms with Gasteiger partial charge in [-0.05, 0) is 42.7 Å². The Balaban J connectivity index is 2.04. The Bertz CT molecular complexity index is 1060. The number of aromatic carboxylic acids is 1. The molecule has 2 N–H and O–H groups in total. The van der Waals surface area contributed by atoms with Crippen molar-refractivity contribution >= 4 is 28.7 Å². The fourth-order valence-electron chi connectivity index (χ4n) is 2.92. The van der Waals surface area contributed by atoms with E-state index in [2.05, 4.69) is 15.5 Å². The van der Waals surface area contributed by atoms with Gasteiger partial charge in [-0.15, -0.1) is 0 Å². The molecule has 0 aliphatic heterocycles. The third-order valence-corrected chi connectivity index (χ3v) is 4.28. The Hall–Kier alpha value is -3.26. The molecule has 0 saturated carbocycles. The molecule has 1 aromatic carbocycles. The van der Waals surface area contributed by atoms with Crippen LogP contribution in [0.5, 0.6) is 0 Å². The lowest BCUT2D eigenvalue weighted by molar-refractivity contribution is 0.0696. The van der Waals surface area contributed by atoms with E-state index in [9.17, 15) is 14.7 Å². The molecule has 0 aliphatic carbocycles. The van der Waals surface area contributed by atoms with Crippen molar-refractivity contribution < 1.29 is 24.0 Å². The summed E-state index contributed by atoms with van der Waals surface area (Å²) in [6.45, 7) is 5.89. The molecule has 8 heteroatoms. The maximum absolute atomic E-state index is 13.0. The minimum Gasteiger partial charge on any atom is -0.478 e. The molecule has 146 valence electrons. The van der Waals surface area contributed by atoms with Gasteiger partial charge in [-0.2, -0.15) is 0 Å². The molecule has 2 aromatic heterocycles. The number of hydrogen-bond donors (Lipinski definition) is 2. The van der Waals surface area contributed by atoms with Gasteiger partial charge in [0.1, 0.15) is 0 Å². The van der Waals surface area contributed by atoms with Crippen LogP contribution in [0.3, 0.4) is 0 Å². The molecule has 0 saturated heterocycles. The number of aryl methyl sites for hydroxylation is 1. The van der Waals surface area contributed by atoms with Crippen LogP contribution in [0.1, 0.15) is 57.4 Å². The topological polar surface area (TPSA) is 115 Å². The van der Waals surface area contributed by atoms with E-state index >= 15 is 0 Å².